The molecule has 1 saturated carbocycles. The minimum Gasteiger partial charge on any atom is -0.424 e. The summed E-state index contributed by atoms with van der Waals surface area (Å²) in [5, 5.41) is 11.5. The fourth-order valence-electron chi connectivity index (χ4n) is 5.90. The molecule has 35 heavy (non-hydrogen) atoms. The van der Waals surface area contributed by atoms with E-state index >= 15 is 0 Å². The Morgan fingerprint density at radius 1 is 1.00 bits per heavy atom. The number of nitrogens with one attached hydrogen (secondary N) is 1. The maximum atomic E-state index is 14.4. The van der Waals surface area contributed by atoms with Gasteiger partial charge in [-0.3, -0.25) is 4.98 Å². The number of nitrogens with zero attached hydrogens (tertiary/aromatic N) is 4. The summed E-state index contributed by atoms with van der Waals surface area (Å²) in [7, 11) is 0. The standard InChI is InChI=1S/C23H21F6N5O/c24-22(25,26)15-3-4-16(14-2-1-7-31-17(14)15)34-11-20(10-21(20,12-34)23(27,28)29)19-33-32-18(35-19)13-5-8-30-9-6-13/h1-4,7,13,30H,5-6,8-12H2/t20-,21-/m0/s1. The molecule has 2 atom stereocenters. The number of fused-ring (bicyclic) bond motifs is 2. The van der Waals surface area contributed by atoms with Gasteiger partial charge in [-0.15, -0.1) is 10.2 Å². The Balaban J connectivity index is 1.40. The molecule has 0 bridgehead atoms. The summed E-state index contributed by atoms with van der Waals surface area (Å²) in [6.07, 6.45) is -6.62. The van der Waals surface area contributed by atoms with Gasteiger partial charge in [0.25, 0.3) is 0 Å². The summed E-state index contributed by atoms with van der Waals surface area (Å²) in [5.74, 6) is 0.303. The van der Waals surface area contributed by atoms with Crippen molar-refractivity contribution in [2.75, 3.05) is 31.1 Å². The van der Waals surface area contributed by atoms with Gasteiger partial charge in [-0.05, 0) is 56.6 Å². The van der Waals surface area contributed by atoms with Crippen molar-refractivity contribution in [2.24, 2.45) is 5.41 Å². The maximum Gasteiger partial charge on any atom is 0.418 e. The lowest BCUT2D eigenvalue weighted by molar-refractivity contribution is -0.187. The van der Waals surface area contributed by atoms with Crippen LogP contribution < -0.4 is 10.2 Å². The summed E-state index contributed by atoms with van der Waals surface area (Å²) in [6, 6.07) is 5.03. The van der Waals surface area contributed by atoms with E-state index < -0.39 is 35.3 Å². The van der Waals surface area contributed by atoms with Crippen molar-refractivity contribution < 1.29 is 30.8 Å². The number of piperidine rings is 2. The third kappa shape index (κ3) is 3.25. The topological polar surface area (TPSA) is 67.1 Å². The highest BCUT2D eigenvalue weighted by Gasteiger charge is 2.86. The molecule has 0 radical (unpaired) electrons. The first kappa shape index (κ1) is 22.6. The lowest BCUT2D eigenvalue weighted by Crippen LogP contribution is -2.34. The molecule has 1 aromatic carbocycles. The van der Waals surface area contributed by atoms with Crippen LogP contribution in [-0.4, -0.2) is 47.5 Å². The Morgan fingerprint density at radius 3 is 2.49 bits per heavy atom. The Bertz CT molecular complexity index is 1280. The first-order chi connectivity index (χ1) is 16.6. The van der Waals surface area contributed by atoms with Crippen LogP contribution in [0.4, 0.5) is 32.0 Å². The number of halogens is 6. The molecule has 1 N–H and O–H groups in total. The van der Waals surface area contributed by atoms with Crippen molar-refractivity contribution in [3.05, 3.63) is 47.8 Å². The second-order valence-corrected chi connectivity index (χ2v) is 9.69. The Kier molecular flexibility index (Phi) is 4.71. The summed E-state index contributed by atoms with van der Waals surface area (Å²) < 4.78 is 89.7. The number of benzene rings is 1. The van der Waals surface area contributed by atoms with Crippen molar-refractivity contribution in [3.63, 3.8) is 0 Å². The van der Waals surface area contributed by atoms with E-state index in [0.717, 1.165) is 32.0 Å². The van der Waals surface area contributed by atoms with Crippen molar-refractivity contribution in [2.45, 2.75) is 42.9 Å². The normalized spacial score (nSPS) is 27.4. The van der Waals surface area contributed by atoms with E-state index in [2.05, 4.69) is 20.5 Å². The van der Waals surface area contributed by atoms with Gasteiger partial charge in [-0.2, -0.15) is 26.3 Å². The van der Waals surface area contributed by atoms with Crippen molar-refractivity contribution in [3.8, 4) is 0 Å². The molecule has 1 aliphatic carbocycles. The lowest BCUT2D eigenvalue weighted by Gasteiger charge is -2.26. The van der Waals surface area contributed by atoms with Crippen LogP contribution >= 0.6 is 0 Å². The predicted octanol–water partition coefficient (Wildman–Crippen LogP) is 4.81. The smallest absolute Gasteiger partial charge is 0.418 e. The second-order valence-electron chi connectivity index (χ2n) is 9.69. The number of pyridine rings is 1. The van der Waals surface area contributed by atoms with Gasteiger partial charge in [-0.1, -0.05) is 0 Å². The lowest BCUT2D eigenvalue weighted by atomic mass is 9.95. The van der Waals surface area contributed by atoms with Crippen molar-refractivity contribution in [1.82, 2.24) is 20.5 Å². The Labute approximate surface area is 195 Å². The van der Waals surface area contributed by atoms with E-state index in [1.807, 2.05) is 0 Å². The fraction of sp³-hybridized carbons (Fsp3) is 0.522. The van der Waals surface area contributed by atoms with Gasteiger partial charge in [0.2, 0.25) is 11.8 Å². The highest BCUT2D eigenvalue weighted by molar-refractivity contribution is 5.94. The van der Waals surface area contributed by atoms with Crippen molar-refractivity contribution in [1.29, 1.82) is 0 Å². The molecule has 3 fully saturated rings. The minimum absolute atomic E-state index is 0.00428. The molecule has 2 aromatic heterocycles. The molecular formula is C23H21F6N5O. The first-order valence-corrected chi connectivity index (χ1v) is 11.4. The monoisotopic (exact) mass is 497 g/mol. The third-order valence-electron chi connectivity index (χ3n) is 7.79. The SMILES string of the molecule is FC(F)(F)c1ccc(N2C[C@]3(c4nnc(C5CCNCC5)o4)C[C@]3(C(F)(F)F)C2)c2cccnc12. The number of aromatic nitrogens is 3. The number of rotatable bonds is 3. The molecule has 2 saturated heterocycles. The molecule has 2 aliphatic heterocycles. The van der Waals surface area contributed by atoms with E-state index in [1.165, 1.54) is 29.3 Å². The molecule has 0 unspecified atom stereocenters. The van der Waals surface area contributed by atoms with Gasteiger partial charge in [0, 0.05) is 36.3 Å². The summed E-state index contributed by atoms with van der Waals surface area (Å²) in [6.45, 7) is 1.04. The maximum absolute atomic E-state index is 14.4. The summed E-state index contributed by atoms with van der Waals surface area (Å²) in [5.41, 5.74) is -4.48. The van der Waals surface area contributed by atoms with E-state index in [1.54, 1.807) is 0 Å². The van der Waals surface area contributed by atoms with E-state index in [4.69, 9.17) is 4.42 Å². The van der Waals surface area contributed by atoms with Crippen LogP contribution in [-0.2, 0) is 11.6 Å². The van der Waals surface area contributed by atoms with Gasteiger partial charge >= 0.3 is 12.4 Å². The van der Waals surface area contributed by atoms with E-state index in [9.17, 15) is 26.3 Å². The molecular weight excluding hydrogens is 476 g/mol. The second kappa shape index (κ2) is 7.31. The molecule has 186 valence electrons. The number of alkyl halides is 6. The van der Waals surface area contributed by atoms with Gasteiger partial charge in [0.05, 0.1) is 16.5 Å². The van der Waals surface area contributed by atoms with Crippen LogP contribution in [0.25, 0.3) is 10.9 Å². The molecule has 12 heteroatoms. The summed E-state index contributed by atoms with van der Waals surface area (Å²) in [4.78, 5) is 5.37. The predicted molar refractivity (Wildman–Crippen MR) is 113 cm³/mol. The molecule has 6 nitrogen and oxygen atoms in total. The van der Waals surface area contributed by atoms with Crippen molar-refractivity contribution >= 4 is 16.6 Å². The van der Waals surface area contributed by atoms with Crippen LogP contribution in [0.2, 0.25) is 0 Å². The van der Waals surface area contributed by atoms with Gasteiger partial charge in [0.1, 0.15) is 5.41 Å². The average molecular weight is 497 g/mol. The molecule has 3 aromatic rings. The fourth-order valence-corrected chi connectivity index (χ4v) is 5.90. The highest BCUT2D eigenvalue weighted by atomic mass is 19.4. The Morgan fingerprint density at radius 2 is 1.77 bits per heavy atom. The first-order valence-electron chi connectivity index (χ1n) is 11.4. The quantitative estimate of drug-likeness (QED) is 0.524. The molecule has 6 rings (SSSR count). The minimum atomic E-state index is -4.64. The van der Waals surface area contributed by atoms with Crippen LogP contribution in [0.1, 0.15) is 42.5 Å². The van der Waals surface area contributed by atoms with E-state index in [-0.39, 0.29) is 41.4 Å². The average Bonchev–Trinajstić information content (AvgIpc) is 3.13. The molecule has 0 spiro atoms. The number of hydrogen-bond acceptors (Lipinski definition) is 6. The zero-order valence-corrected chi connectivity index (χ0v) is 18.4. The van der Waals surface area contributed by atoms with Crippen LogP contribution in [0, 0.1) is 5.41 Å². The van der Waals surface area contributed by atoms with Crippen LogP contribution in [0.15, 0.2) is 34.9 Å². The summed E-state index contributed by atoms with van der Waals surface area (Å²) >= 11 is 0. The molecule has 4 heterocycles. The van der Waals surface area contributed by atoms with Gasteiger partial charge in [0.15, 0.2) is 0 Å². The van der Waals surface area contributed by atoms with Gasteiger partial charge < -0.3 is 14.6 Å². The zero-order chi connectivity index (χ0) is 24.6. The van der Waals surface area contributed by atoms with Crippen LogP contribution in [0.5, 0.6) is 0 Å². The largest absolute Gasteiger partial charge is 0.424 e. The molecule has 3 aliphatic rings. The highest BCUT2D eigenvalue weighted by Crippen LogP contribution is 2.75. The zero-order valence-electron chi connectivity index (χ0n) is 18.4. The van der Waals surface area contributed by atoms with Crippen LogP contribution in [0.3, 0.4) is 0 Å². The molecule has 0 amide bonds. The third-order valence-corrected chi connectivity index (χ3v) is 7.79. The van der Waals surface area contributed by atoms with Gasteiger partial charge in [-0.25, -0.2) is 0 Å². The Hall–Kier alpha value is -2.89. The number of hydrogen-bond donors (Lipinski definition) is 1. The van der Waals surface area contributed by atoms with E-state index in [0.29, 0.717) is 5.89 Å². The number of anilines is 1.